The second-order valence-corrected chi connectivity index (χ2v) is 7.58. The van der Waals surface area contributed by atoms with E-state index in [1.807, 2.05) is 35.6 Å². The summed E-state index contributed by atoms with van der Waals surface area (Å²) in [5, 5.41) is 13.7. The van der Waals surface area contributed by atoms with Crippen LogP contribution in [0.25, 0.3) is 16.6 Å². The summed E-state index contributed by atoms with van der Waals surface area (Å²) in [6, 6.07) is 14.9. The van der Waals surface area contributed by atoms with Gasteiger partial charge in [0, 0.05) is 16.1 Å². The van der Waals surface area contributed by atoms with Gasteiger partial charge in [-0.05, 0) is 48.9 Å². The van der Waals surface area contributed by atoms with E-state index in [2.05, 4.69) is 15.5 Å². The number of ether oxygens (including phenoxy) is 1. The number of hydrogen-bond donors (Lipinski definition) is 1. The highest BCUT2D eigenvalue weighted by molar-refractivity contribution is 7.99. The molecule has 0 fully saturated rings. The van der Waals surface area contributed by atoms with E-state index >= 15 is 0 Å². The molecule has 28 heavy (non-hydrogen) atoms. The molecule has 2 aromatic carbocycles. The number of anilines is 1. The molecule has 0 saturated heterocycles. The fourth-order valence-corrected chi connectivity index (χ4v) is 3.92. The third kappa shape index (κ3) is 3.50. The van der Waals surface area contributed by atoms with Crippen molar-refractivity contribution in [1.82, 2.24) is 14.6 Å². The lowest BCUT2D eigenvalue weighted by molar-refractivity contribution is -0.113. The van der Waals surface area contributed by atoms with Crippen molar-refractivity contribution in [3.8, 4) is 5.75 Å². The number of amides is 1. The fourth-order valence-electron chi connectivity index (χ4n) is 3.05. The average molecular weight is 413 g/mol. The molecule has 0 atom stereocenters. The van der Waals surface area contributed by atoms with Gasteiger partial charge in [0.2, 0.25) is 5.91 Å². The smallest absolute Gasteiger partial charge is 0.234 e. The Morgan fingerprint density at radius 2 is 2.00 bits per heavy atom. The molecule has 0 saturated carbocycles. The van der Waals surface area contributed by atoms with Gasteiger partial charge in [0.25, 0.3) is 0 Å². The van der Waals surface area contributed by atoms with E-state index < -0.39 is 0 Å². The minimum Gasteiger partial charge on any atom is -0.495 e. The van der Waals surface area contributed by atoms with E-state index in [0.29, 0.717) is 15.9 Å². The zero-order valence-corrected chi connectivity index (χ0v) is 16.8. The maximum absolute atomic E-state index is 12.3. The van der Waals surface area contributed by atoms with Crippen LogP contribution in [0.15, 0.2) is 53.7 Å². The molecular formula is C20H17ClN4O2S. The van der Waals surface area contributed by atoms with Gasteiger partial charge in [-0.3, -0.25) is 9.20 Å². The second-order valence-electron chi connectivity index (χ2n) is 6.20. The number of hydrogen-bond acceptors (Lipinski definition) is 5. The van der Waals surface area contributed by atoms with E-state index in [-0.39, 0.29) is 11.7 Å². The minimum atomic E-state index is -0.132. The number of nitrogens with zero attached hydrogens (tertiary/aromatic N) is 3. The first-order valence-corrected chi connectivity index (χ1v) is 9.93. The molecule has 0 spiro atoms. The number of carbonyl (C=O) groups is 1. The Balaban J connectivity index is 1.63. The van der Waals surface area contributed by atoms with Gasteiger partial charge >= 0.3 is 0 Å². The van der Waals surface area contributed by atoms with Crippen LogP contribution in [-0.2, 0) is 4.79 Å². The predicted molar refractivity (Wildman–Crippen MR) is 113 cm³/mol. The number of nitrogens with one attached hydrogen (secondary N) is 1. The first-order valence-electron chi connectivity index (χ1n) is 8.56. The Kier molecular flexibility index (Phi) is 5.11. The van der Waals surface area contributed by atoms with Gasteiger partial charge in [-0.2, -0.15) is 0 Å². The molecule has 4 rings (SSSR count). The number of aromatic nitrogens is 3. The summed E-state index contributed by atoms with van der Waals surface area (Å²) in [4.78, 5) is 12.3. The SMILES string of the molecule is COc1cccc2c(C)cc3nnc(SCC(=O)Nc4ccc(Cl)cc4)n3c12. The van der Waals surface area contributed by atoms with Gasteiger partial charge in [-0.15, -0.1) is 10.2 Å². The van der Waals surface area contributed by atoms with Crippen LogP contribution in [0, 0.1) is 6.92 Å². The molecule has 6 nitrogen and oxygen atoms in total. The summed E-state index contributed by atoms with van der Waals surface area (Å²) >= 11 is 7.19. The molecule has 0 aliphatic rings. The molecule has 0 radical (unpaired) electrons. The quantitative estimate of drug-likeness (QED) is 0.486. The van der Waals surface area contributed by atoms with Crippen molar-refractivity contribution < 1.29 is 9.53 Å². The van der Waals surface area contributed by atoms with Crippen LogP contribution in [-0.4, -0.2) is 33.4 Å². The van der Waals surface area contributed by atoms with Crippen molar-refractivity contribution >= 4 is 51.5 Å². The molecule has 8 heteroatoms. The van der Waals surface area contributed by atoms with E-state index in [1.54, 1.807) is 31.4 Å². The lowest BCUT2D eigenvalue weighted by Gasteiger charge is -2.11. The molecule has 0 bridgehead atoms. The molecule has 1 amide bonds. The summed E-state index contributed by atoms with van der Waals surface area (Å²) in [6.07, 6.45) is 0. The highest BCUT2D eigenvalue weighted by Gasteiger charge is 2.16. The van der Waals surface area contributed by atoms with Crippen molar-refractivity contribution in [2.45, 2.75) is 12.1 Å². The summed E-state index contributed by atoms with van der Waals surface area (Å²) in [6.45, 7) is 2.03. The predicted octanol–water partition coefficient (Wildman–Crippen LogP) is 4.58. The molecule has 2 aromatic heterocycles. The van der Waals surface area contributed by atoms with Crippen LogP contribution in [0.1, 0.15) is 5.56 Å². The monoisotopic (exact) mass is 412 g/mol. The number of fused-ring (bicyclic) bond motifs is 3. The van der Waals surface area contributed by atoms with Crippen molar-refractivity contribution in [2.75, 3.05) is 18.2 Å². The van der Waals surface area contributed by atoms with Crippen LogP contribution in [0.3, 0.4) is 0 Å². The maximum atomic E-state index is 12.3. The van der Waals surface area contributed by atoms with E-state index in [9.17, 15) is 4.79 Å². The maximum Gasteiger partial charge on any atom is 0.234 e. The largest absolute Gasteiger partial charge is 0.495 e. The highest BCUT2D eigenvalue weighted by Crippen LogP contribution is 2.31. The van der Waals surface area contributed by atoms with Crippen LogP contribution in [0.2, 0.25) is 5.02 Å². The molecule has 142 valence electrons. The number of aryl methyl sites for hydroxylation is 1. The standard InChI is InChI=1S/C20H17ClN4O2S/c1-12-10-17-23-24-20(25(17)19-15(12)4-3-5-16(19)27-2)28-11-18(26)22-14-8-6-13(21)7-9-14/h3-10H,11H2,1-2H3,(H,22,26). The van der Waals surface area contributed by atoms with Gasteiger partial charge in [0.05, 0.1) is 18.4 Å². The minimum absolute atomic E-state index is 0.132. The highest BCUT2D eigenvalue weighted by atomic mass is 35.5. The third-order valence-electron chi connectivity index (χ3n) is 4.33. The summed E-state index contributed by atoms with van der Waals surface area (Å²) in [7, 11) is 1.64. The normalized spacial score (nSPS) is 11.1. The fraction of sp³-hybridized carbons (Fsp3) is 0.150. The van der Waals surface area contributed by atoms with Gasteiger partial charge in [-0.25, -0.2) is 0 Å². The molecule has 4 aromatic rings. The van der Waals surface area contributed by atoms with E-state index in [4.69, 9.17) is 16.3 Å². The van der Waals surface area contributed by atoms with Crippen LogP contribution < -0.4 is 10.1 Å². The van der Waals surface area contributed by atoms with E-state index in [0.717, 1.165) is 27.9 Å². The number of rotatable bonds is 5. The molecular weight excluding hydrogens is 396 g/mol. The number of carbonyl (C=O) groups excluding carboxylic acids is 1. The second kappa shape index (κ2) is 7.69. The number of halogens is 1. The van der Waals surface area contributed by atoms with Crippen LogP contribution in [0.5, 0.6) is 5.75 Å². The van der Waals surface area contributed by atoms with Crippen molar-refractivity contribution in [1.29, 1.82) is 0 Å². The number of methoxy groups -OCH3 is 1. The Hall–Kier alpha value is -2.77. The van der Waals surface area contributed by atoms with Crippen molar-refractivity contribution in [3.63, 3.8) is 0 Å². The Morgan fingerprint density at radius 3 is 2.75 bits per heavy atom. The number of thioether (sulfide) groups is 1. The van der Waals surface area contributed by atoms with Crippen molar-refractivity contribution in [2.24, 2.45) is 0 Å². The summed E-state index contributed by atoms with van der Waals surface area (Å²) in [5.74, 6) is 0.805. The topological polar surface area (TPSA) is 68.5 Å². The molecule has 0 aliphatic carbocycles. The summed E-state index contributed by atoms with van der Waals surface area (Å²) in [5.41, 5.74) is 3.40. The van der Waals surface area contributed by atoms with Gasteiger partial charge < -0.3 is 10.1 Å². The van der Waals surface area contributed by atoms with Gasteiger partial charge in [0.15, 0.2) is 10.8 Å². The van der Waals surface area contributed by atoms with Gasteiger partial charge in [0.1, 0.15) is 5.75 Å². The first kappa shape index (κ1) is 18.6. The van der Waals surface area contributed by atoms with Crippen LogP contribution >= 0.6 is 23.4 Å². The third-order valence-corrected chi connectivity index (χ3v) is 5.51. The lowest BCUT2D eigenvalue weighted by Crippen LogP contribution is -2.14. The average Bonchev–Trinajstić information content (AvgIpc) is 3.10. The molecule has 1 N–H and O–H groups in total. The summed E-state index contributed by atoms with van der Waals surface area (Å²) < 4.78 is 7.49. The first-order chi connectivity index (χ1) is 13.6. The van der Waals surface area contributed by atoms with Gasteiger partial charge in [-0.1, -0.05) is 35.5 Å². The van der Waals surface area contributed by atoms with Crippen molar-refractivity contribution in [3.05, 3.63) is 59.1 Å². The lowest BCUT2D eigenvalue weighted by atomic mass is 10.1. The zero-order valence-electron chi connectivity index (χ0n) is 15.3. The van der Waals surface area contributed by atoms with Crippen LogP contribution in [0.4, 0.5) is 5.69 Å². The number of pyridine rings is 1. The zero-order chi connectivity index (χ0) is 19.7. The molecule has 0 unspecified atom stereocenters. The Morgan fingerprint density at radius 1 is 1.21 bits per heavy atom. The molecule has 0 aliphatic heterocycles. The number of para-hydroxylation sites is 1. The Labute approximate surface area is 170 Å². The molecule has 2 heterocycles. The number of benzene rings is 2. The Bertz CT molecular complexity index is 1170. The van der Waals surface area contributed by atoms with E-state index in [1.165, 1.54) is 11.8 Å².